The highest BCUT2D eigenvalue weighted by molar-refractivity contribution is 5.72. The van der Waals surface area contributed by atoms with Crippen LogP contribution >= 0.6 is 0 Å². The summed E-state index contributed by atoms with van der Waals surface area (Å²) in [6.45, 7) is 6.83. The van der Waals surface area contributed by atoms with Crippen molar-refractivity contribution >= 4 is 11.9 Å². The van der Waals surface area contributed by atoms with E-state index in [9.17, 15) is 9.59 Å². The SMILES string of the molecule is CCCC#CCC(CC)OC(=O)CCCC(=O)OCCCCCCCCCCCCC. The van der Waals surface area contributed by atoms with Gasteiger partial charge in [0.1, 0.15) is 6.10 Å². The number of rotatable bonds is 20. The summed E-state index contributed by atoms with van der Waals surface area (Å²) in [5.41, 5.74) is 0. The summed E-state index contributed by atoms with van der Waals surface area (Å²) in [6.07, 6.45) is 18.2. The maximum absolute atomic E-state index is 11.9. The summed E-state index contributed by atoms with van der Waals surface area (Å²) in [4.78, 5) is 23.7. The normalized spacial score (nSPS) is 11.5. The average molecular weight is 437 g/mol. The highest BCUT2D eigenvalue weighted by Gasteiger charge is 2.12. The van der Waals surface area contributed by atoms with Crippen molar-refractivity contribution in [3.8, 4) is 11.8 Å². The smallest absolute Gasteiger partial charge is 0.306 e. The molecular weight excluding hydrogens is 388 g/mol. The van der Waals surface area contributed by atoms with Crippen LogP contribution in [0.15, 0.2) is 0 Å². The number of hydrogen-bond donors (Lipinski definition) is 0. The molecule has 0 aliphatic heterocycles. The molecule has 0 rings (SSSR count). The van der Waals surface area contributed by atoms with Crippen LogP contribution in [0.4, 0.5) is 0 Å². The fourth-order valence-corrected chi connectivity index (χ4v) is 3.32. The van der Waals surface area contributed by atoms with E-state index in [2.05, 4.69) is 25.7 Å². The fraction of sp³-hybridized carbons (Fsp3) is 0.852. The molecule has 4 heteroatoms. The van der Waals surface area contributed by atoms with Crippen LogP contribution in [0.25, 0.3) is 0 Å². The molecule has 0 saturated heterocycles. The molecule has 0 aliphatic rings. The van der Waals surface area contributed by atoms with Crippen LogP contribution in [-0.4, -0.2) is 24.6 Å². The molecule has 1 unspecified atom stereocenters. The molecule has 1 atom stereocenters. The van der Waals surface area contributed by atoms with Gasteiger partial charge in [0.05, 0.1) is 6.61 Å². The molecule has 180 valence electrons. The second-order valence-electron chi connectivity index (χ2n) is 8.44. The van der Waals surface area contributed by atoms with Crippen molar-refractivity contribution in [2.24, 2.45) is 0 Å². The van der Waals surface area contributed by atoms with Crippen LogP contribution in [0, 0.1) is 11.8 Å². The first-order valence-electron chi connectivity index (χ1n) is 12.9. The van der Waals surface area contributed by atoms with E-state index in [1.165, 1.54) is 57.8 Å². The molecule has 0 amide bonds. The fourth-order valence-electron chi connectivity index (χ4n) is 3.32. The quantitative estimate of drug-likeness (QED) is 0.112. The highest BCUT2D eigenvalue weighted by Crippen LogP contribution is 2.12. The van der Waals surface area contributed by atoms with Crippen LogP contribution in [-0.2, 0) is 19.1 Å². The van der Waals surface area contributed by atoms with Crippen molar-refractivity contribution in [2.45, 2.75) is 142 Å². The molecule has 4 nitrogen and oxygen atoms in total. The minimum absolute atomic E-state index is 0.148. The van der Waals surface area contributed by atoms with Gasteiger partial charge in [-0.2, -0.15) is 0 Å². The first-order valence-corrected chi connectivity index (χ1v) is 12.9. The Labute approximate surface area is 192 Å². The van der Waals surface area contributed by atoms with Crippen LogP contribution in [0.5, 0.6) is 0 Å². The van der Waals surface area contributed by atoms with E-state index in [1.807, 2.05) is 6.92 Å². The Morgan fingerprint density at radius 1 is 0.677 bits per heavy atom. The van der Waals surface area contributed by atoms with E-state index in [0.717, 1.165) is 32.1 Å². The molecule has 31 heavy (non-hydrogen) atoms. The minimum atomic E-state index is -0.248. The van der Waals surface area contributed by atoms with Crippen LogP contribution in [0.2, 0.25) is 0 Å². The zero-order valence-corrected chi connectivity index (χ0v) is 20.6. The number of hydrogen-bond acceptors (Lipinski definition) is 4. The molecule has 0 heterocycles. The Hall–Kier alpha value is -1.50. The van der Waals surface area contributed by atoms with Gasteiger partial charge in [-0.25, -0.2) is 0 Å². The monoisotopic (exact) mass is 436 g/mol. The zero-order valence-electron chi connectivity index (χ0n) is 20.6. The summed E-state index contributed by atoms with van der Waals surface area (Å²) in [6, 6.07) is 0. The molecule has 0 aromatic carbocycles. The lowest BCUT2D eigenvalue weighted by Gasteiger charge is -2.13. The van der Waals surface area contributed by atoms with Crippen LogP contribution < -0.4 is 0 Å². The van der Waals surface area contributed by atoms with E-state index in [-0.39, 0.29) is 30.9 Å². The topological polar surface area (TPSA) is 52.6 Å². The third kappa shape index (κ3) is 21.5. The van der Waals surface area contributed by atoms with Gasteiger partial charge in [0.15, 0.2) is 0 Å². The van der Waals surface area contributed by atoms with Crippen molar-refractivity contribution in [2.75, 3.05) is 6.61 Å². The maximum atomic E-state index is 11.9. The summed E-state index contributed by atoms with van der Waals surface area (Å²) in [7, 11) is 0. The van der Waals surface area contributed by atoms with Crippen molar-refractivity contribution in [1.29, 1.82) is 0 Å². The van der Waals surface area contributed by atoms with E-state index in [1.54, 1.807) is 0 Å². The minimum Gasteiger partial charge on any atom is -0.466 e. The summed E-state index contributed by atoms with van der Waals surface area (Å²) in [5.74, 6) is 5.69. The molecule has 0 radical (unpaired) electrons. The maximum Gasteiger partial charge on any atom is 0.306 e. The van der Waals surface area contributed by atoms with Gasteiger partial charge < -0.3 is 9.47 Å². The molecule has 0 spiro atoms. The lowest BCUT2D eigenvalue weighted by atomic mass is 10.1. The molecule has 0 aromatic rings. The van der Waals surface area contributed by atoms with Crippen LogP contribution in [0.3, 0.4) is 0 Å². The molecule has 0 fully saturated rings. The van der Waals surface area contributed by atoms with Crippen LogP contribution in [0.1, 0.15) is 136 Å². The molecular formula is C27H48O4. The zero-order chi connectivity index (χ0) is 23.0. The van der Waals surface area contributed by atoms with E-state index < -0.39 is 0 Å². The Kier molecular flexibility index (Phi) is 22.0. The number of carbonyl (C=O) groups is 2. The number of ether oxygens (including phenoxy) is 2. The van der Waals surface area contributed by atoms with E-state index >= 15 is 0 Å². The predicted molar refractivity (Wildman–Crippen MR) is 129 cm³/mol. The molecule has 0 bridgehead atoms. The van der Waals surface area contributed by atoms with Gasteiger partial charge in [-0.15, -0.1) is 5.92 Å². The third-order valence-electron chi connectivity index (χ3n) is 5.36. The van der Waals surface area contributed by atoms with Crippen molar-refractivity contribution in [1.82, 2.24) is 0 Å². The van der Waals surface area contributed by atoms with Gasteiger partial charge in [0.2, 0.25) is 0 Å². The summed E-state index contributed by atoms with van der Waals surface area (Å²) >= 11 is 0. The van der Waals surface area contributed by atoms with Gasteiger partial charge in [-0.05, 0) is 25.7 Å². The Morgan fingerprint density at radius 2 is 1.26 bits per heavy atom. The number of unbranched alkanes of at least 4 members (excludes halogenated alkanes) is 11. The highest BCUT2D eigenvalue weighted by atomic mass is 16.5. The third-order valence-corrected chi connectivity index (χ3v) is 5.36. The average Bonchev–Trinajstić information content (AvgIpc) is 2.76. The van der Waals surface area contributed by atoms with Crippen molar-refractivity contribution in [3.63, 3.8) is 0 Å². The molecule has 0 N–H and O–H groups in total. The van der Waals surface area contributed by atoms with Gasteiger partial charge in [-0.1, -0.05) is 90.9 Å². The van der Waals surface area contributed by atoms with Crippen molar-refractivity contribution < 1.29 is 19.1 Å². The molecule has 0 aliphatic carbocycles. The predicted octanol–water partition coefficient (Wildman–Crippen LogP) is 7.53. The van der Waals surface area contributed by atoms with Gasteiger partial charge in [0.25, 0.3) is 0 Å². The summed E-state index contributed by atoms with van der Waals surface area (Å²) < 4.78 is 10.7. The summed E-state index contributed by atoms with van der Waals surface area (Å²) in [5, 5.41) is 0. The van der Waals surface area contributed by atoms with Gasteiger partial charge >= 0.3 is 11.9 Å². The number of esters is 2. The first-order chi connectivity index (χ1) is 15.1. The molecule has 0 saturated carbocycles. The standard InChI is InChI=1S/C27H48O4/c1-4-7-9-11-12-13-14-15-16-17-19-24-30-26(28)22-20-23-27(29)31-25(6-3)21-18-10-8-5-2/h25H,4-9,11-17,19-24H2,1-3H3. The Morgan fingerprint density at radius 3 is 1.84 bits per heavy atom. The lowest BCUT2D eigenvalue weighted by Crippen LogP contribution is -2.17. The van der Waals surface area contributed by atoms with E-state index in [0.29, 0.717) is 19.4 Å². The van der Waals surface area contributed by atoms with Gasteiger partial charge in [-0.3, -0.25) is 9.59 Å². The Bertz CT molecular complexity index is 489. The van der Waals surface area contributed by atoms with Gasteiger partial charge in [0, 0.05) is 25.7 Å². The molecule has 0 aromatic heterocycles. The lowest BCUT2D eigenvalue weighted by molar-refractivity contribution is -0.149. The van der Waals surface area contributed by atoms with E-state index in [4.69, 9.17) is 9.47 Å². The number of carbonyl (C=O) groups excluding carboxylic acids is 2. The first kappa shape index (κ1) is 29.5. The largest absolute Gasteiger partial charge is 0.466 e. The second-order valence-corrected chi connectivity index (χ2v) is 8.44. The Balaban J connectivity index is 3.55. The van der Waals surface area contributed by atoms with Crippen molar-refractivity contribution in [3.05, 3.63) is 0 Å². The second kappa shape index (κ2) is 23.2.